The number of hydrogen-bond acceptors (Lipinski definition) is 3. The van der Waals surface area contributed by atoms with Crippen LogP contribution in [0.1, 0.15) is 79.6 Å². The zero-order valence-corrected chi connectivity index (χ0v) is 18.8. The molecule has 0 bridgehead atoms. The molecule has 0 unspecified atom stereocenters. The average Bonchev–Trinajstić information content (AvgIpc) is 3.62. The molecule has 1 heterocycles. The van der Waals surface area contributed by atoms with Gasteiger partial charge >= 0.3 is 0 Å². The minimum Gasteiger partial charge on any atom is -0.349 e. The van der Waals surface area contributed by atoms with E-state index < -0.39 is 0 Å². The van der Waals surface area contributed by atoms with E-state index in [1.165, 1.54) is 63.6 Å². The zero-order valence-electron chi connectivity index (χ0n) is 17.1. The first kappa shape index (κ1) is 22.9. The van der Waals surface area contributed by atoms with E-state index in [9.17, 15) is 4.79 Å². The number of nitrogens with zero attached hydrogens (tertiary/aromatic N) is 1. The van der Waals surface area contributed by atoms with Gasteiger partial charge in [0.2, 0.25) is 0 Å². The van der Waals surface area contributed by atoms with E-state index in [-0.39, 0.29) is 30.7 Å². The highest BCUT2D eigenvalue weighted by atomic mass is 35.5. The number of benzene rings is 1. The second-order valence-corrected chi connectivity index (χ2v) is 9.24. The van der Waals surface area contributed by atoms with Gasteiger partial charge in [-0.2, -0.15) is 0 Å². The SMILES string of the molecule is Cl.Cl.O=C(NC1CCCC1)c1cccc([C@@H]2C[C@H]2NC2CCN(C3CC3)CC2)c1. The number of carbonyl (C=O) groups excluding carboxylic acids is 1. The lowest BCUT2D eigenvalue weighted by Gasteiger charge is -2.32. The van der Waals surface area contributed by atoms with E-state index in [0.717, 1.165) is 24.4 Å². The molecule has 5 rings (SSSR count). The molecule has 3 saturated carbocycles. The molecule has 4 nitrogen and oxygen atoms in total. The largest absolute Gasteiger partial charge is 0.349 e. The van der Waals surface area contributed by atoms with Gasteiger partial charge in [-0.25, -0.2) is 0 Å². The lowest BCUT2D eigenvalue weighted by atomic mass is 10.0. The van der Waals surface area contributed by atoms with E-state index in [1.54, 1.807) is 0 Å². The lowest BCUT2D eigenvalue weighted by Crippen LogP contribution is -2.44. The molecular weight excluding hydrogens is 405 g/mol. The molecule has 1 aliphatic heterocycles. The Morgan fingerprint density at radius 1 is 0.931 bits per heavy atom. The van der Waals surface area contributed by atoms with Gasteiger partial charge in [0.05, 0.1) is 0 Å². The monoisotopic (exact) mass is 439 g/mol. The maximum atomic E-state index is 12.6. The summed E-state index contributed by atoms with van der Waals surface area (Å²) in [7, 11) is 0. The number of nitrogens with one attached hydrogen (secondary N) is 2. The van der Waals surface area contributed by atoms with E-state index in [2.05, 4.69) is 33.7 Å². The van der Waals surface area contributed by atoms with Gasteiger partial charge in [0.1, 0.15) is 0 Å². The Balaban J connectivity index is 0.00000120. The molecule has 1 aromatic carbocycles. The molecule has 29 heavy (non-hydrogen) atoms. The van der Waals surface area contributed by atoms with Gasteiger partial charge in [-0.15, -0.1) is 24.8 Å². The number of rotatable bonds is 6. The normalized spacial score (nSPS) is 27.7. The molecule has 0 aromatic heterocycles. The van der Waals surface area contributed by atoms with E-state index >= 15 is 0 Å². The standard InChI is InChI=1S/C23H33N3O.2ClH/c27-23(25-18-6-1-2-7-18)17-5-3-4-16(14-17)21-15-22(21)24-19-10-12-26(13-11-19)20-8-9-20;;/h3-5,14,18-22,24H,1-2,6-13,15H2,(H,25,27);2*1H/t21-,22+;;/m0../s1. The number of hydrogen-bond donors (Lipinski definition) is 2. The number of piperidine rings is 1. The topological polar surface area (TPSA) is 44.4 Å². The van der Waals surface area contributed by atoms with Crippen LogP contribution in [0.25, 0.3) is 0 Å². The Morgan fingerprint density at radius 3 is 2.34 bits per heavy atom. The summed E-state index contributed by atoms with van der Waals surface area (Å²) in [5.41, 5.74) is 2.17. The molecule has 1 saturated heterocycles. The number of carbonyl (C=O) groups is 1. The molecule has 1 amide bonds. The van der Waals surface area contributed by atoms with Crippen LogP contribution in [0.15, 0.2) is 24.3 Å². The van der Waals surface area contributed by atoms with Crippen LogP contribution in [0.5, 0.6) is 0 Å². The minimum absolute atomic E-state index is 0. The van der Waals surface area contributed by atoms with Crippen molar-refractivity contribution < 1.29 is 4.79 Å². The maximum Gasteiger partial charge on any atom is 0.251 e. The van der Waals surface area contributed by atoms with E-state index in [1.807, 2.05) is 6.07 Å². The van der Waals surface area contributed by atoms with Crippen molar-refractivity contribution in [3.63, 3.8) is 0 Å². The summed E-state index contributed by atoms with van der Waals surface area (Å²) < 4.78 is 0. The van der Waals surface area contributed by atoms with Crippen LogP contribution in [0.3, 0.4) is 0 Å². The van der Waals surface area contributed by atoms with Crippen molar-refractivity contribution in [3.05, 3.63) is 35.4 Å². The molecule has 6 heteroatoms. The smallest absolute Gasteiger partial charge is 0.251 e. The summed E-state index contributed by atoms with van der Waals surface area (Å²) in [4.78, 5) is 15.2. The Hall–Kier alpha value is -0.810. The second-order valence-electron chi connectivity index (χ2n) is 9.24. The number of likely N-dealkylation sites (tertiary alicyclic amines) is 1. The first-order chi connectivity index (χ1) is 13.3. The van der Waals surface area contributed by atoms with Crippen LogP contribution in [0.4, 0.5) is 0 Å². The van der Waals surface area contributed by atoms with Crippen molar-refractivity contribution >= 4 is 30.7 Å². The third-order valence-electron chi connectivity index (χ3n) is 7.10. The maximum absolute atomic E-state index is 12.6. The van der Waals surface area contributed by atoms with Crippen LogP contribution < -0.4 is 10.6 Å². The Labute approximate surface area is 187 Å². The summed E-state index contributed by atoms with van der Waals surface area (Å²) >= 11 is 0. The summed E-state index contributed by atoms with van der Waals surface area (Å²) in [5, 5.41) is 7.12. The fourth-order valence-electron chi connectivity index (χ4n) is 5.17. The van der Waals surface area contributed by atoms with E-state index in [0.29, 0.717) is 24.0 Å². The molecule has 2 N–H and O–H groups in total. The molecule has 3 aliphatic carbocycles. The molecular formula is C23H35Cl2N3O. The van der Waals surface area contributed by atoms with Crippen molar-refractivity contribution in [1.29, 1.82) is 0 Å². The molecule has 0 spiro atoms. The van der Waals surface area contributed by atoms with Gasteiger partial charge in [-0.05, 0) is 75.7 Å². The predicted molar refractivity (Wildman–Crippen MR) is 123 cm³/mol. The fourth-order valence-corrected chi connectivity index (χ4v) is 5.17. The van der Waals surface area contributed by atoms with Gasteiger partial charge in [-0.3, -0.25) is 4.79 Å². The summed E-state index contributed by atoms with van der Waals surface area (Å²) in [5.74, 6) is 0.701. The first-order valence-corrected chi connectivity index (χ1v) is 11.2. The molecule has 2 atom stereocenters. The summed E-state index contributed by atoms with van der Waals surface area (Å²) in [6.45, 7) is 2.55. The van der Waals surface area contributed by atoms with Crippen molar-refractivity contribution in [2.75, 3.05) is 13.1 Å². The second kappa shape index (κ2) is 10.00. The first-order valence-electron chi connectivity index (χ1n) is 11.2. The quantitative estimate of drug-likeness (QED) is 0.694. The predicted octanol–water partition coefficient (Wildman–Crippen LogP) is 4.27. The van der Waals surface area contributed by atoms with E-state index in [4.69, 9.17) is 0 Å². The van der Waals surface area contributed by atoms with Gasteiger partial charge in [0, 0.05) is 35.6 Å². The lowest BCUT2D eigenvalue weighted by molar-refractivity contribution is 0.0938. The third-order valence-corrected chi connectivity index (χ3v) is 7.10. The van der Waals surface area contributed by atoms with Gasteiger partial charge < -0.3 is 15.5 Å². The Kier molecular flexibility index (Phi) is 7.88. The minimum atomic E-state index is 0. The molecule has 1 aromatic rings. The molecule has 162 valence electrons. The number of amides is 1. The van der Waals surface area contributed by atoms with Crippen molar-refractivity contribution in [2.24, 2.45) is 0 Å². The average molecular weight is 440 g/mol. The van der Waals surface area contributed by atoms with Crippen molar-refractivity contribution in [1.82, 2.24) is 15.5 Å². The fraction of sp³-hybridized carbons (Fsp3) is 0.696. The Morgan fingerprint density at radius 2 is 1.66 bits per heavy atom. The number of halogens is 2. The summed E-state index contributed by atoms with van der Waals surface area (Å²) in [6.07, 6.45) is 11.4. The molecule has 0 radical (unpaired) electrons. The summed E-state index contributed by atoms with van der Waals surface area (Å²) in [6, 6.07) is 10.9. The highest BCUT2D eigenvalue weighted by Crippen LogP contribution is 2.42. The van der Waals surface area contributed by atoms with Crippen LogP contribution >= 0.6 is 24.8 Å². The van der Waals surface area contributed by atoms with Gasteiger partial charge in [-0.1, -0.05) is 25.0 Å². The van der Waals surface area contributed by atoms with Crippen molar-refractivity contribution in [3.8, 4) is 0 Å². The van der Waals surface area contributed by atoms with Crippen molar-refractivity contribution in [2.45, 2.75) is 87.9 Å². The van der Waals surface area contributed by atoms with Crippen LogP contribution in [-0.4, -0.2) is 48.1 Å². The zero-order chi connectivity index (χ0) is 18.2. The molecule has 4 fully saturated rings. The van der Waals surface area contributed by atoms with Crippen LogP contribution in [-0.2, 0) is 0 Å². The third kappa shape index (κ3) is 5.66. The van der Waals surface area contributed by atoms with Crippen LogP contribution in [0, 0.1) is 0 Å². The van der Waals surface area contributed by atoms with Crippen LogP contribution in [0.2, 0.25) is 0 Å². The molecule has 4 aliphatic rings. The Bertz CT molecular complexity index is 682. The van der Waals surface area contributed by atoms with Gasteiger partial charge in [0.25, 0.3) is 5.91 Å². The van der Waals surface area contributed by atoms with Gasteiger partial charge in [0.15, 0.2) is 0 Å². The highest BCUT2D eigenvalue weighted by molar-refractivity contribution is 5.94. The highest BCUT2D eigenvalue weighted by Gasteiger charge is 2.40.